The summed E-state index contributed by atoms with van der Waals surface area (Å²) < 4.78 is 0. The predicted molar refractivity (Wildman–Crippen MR) is 93.9 cm³/mol. The fourth-order valence-electron chi connectivity index (χ4n) is 3.32. The molecule has 0 aliphatic carbocycles. The second kappa shape index (κ2) is 5.88. The Morgan fingerprint density at radius 2 is 1.91 bits per heavy atom. The summed E-state index contributed by atoms with van der Waals surface area (Å²) in [7, 11) is 0. The molecule has 0 aromatic heterocycles. The molecule has 2 N–H and O–H groups in total. The fourth-order valence-corrected chi connectivity index (χ4v) is 3.32. The monoisotopic (exact) mass is 304 g/mol. The third-order valence-corrected chi connectivity index (χ3v) is 4.56. The third-order valence-electron chi connectivity index (χ3n) is 4.56. The summed E-state index contributed by atoms with van der Waals surface area (Å²) in [6.45, 7) is 1.52. The highest BCUT2D eigenvalue weighted by atomic mass is 15.3. The van der Waals surface area contributed by atoms with Crippen molar-refractivity contribution in [3.63, 3.8) is 0 Å². The molecule has 2 aromatic rings. The predicted octanol–water partition coefficient (Wildman–Crippen LogP) is 3.25. The quantitative estimate of drug-likeness (QED) is 0.699. The van der Waals surface area contributed by atoms with E-state index in [9.17, 15) is 0 Å². The van der Waals surface area contributed by atoms with E-state index in [-0.39, 0.29) is 6.04 Å². The molecule has 1 fully saturated rings. The minimum atomic E-state index is 0.172. The molecule has 4 rings (SSSR count). The zero-order chi connectivity index (χ0) is 15.6. The van der Waals surface area contributed by atoms with Gasteiger partial charge in [-0.3, -0.25) is 4.99 Å². The number of nitrogens with zero attached hydrogens (tertiary/aromatic N) is 3. The van der Waals surface area contributed by atoms with Crippen LogP contribution in [0.25, 0.3) is 0 Å². The summed E-state index contributed by atoms with van der Waals surface area (Å²) >= 11 is 0. The number of amidine groups is 2. The van der Waals surface area contributed by atoms with Crippen LogP contribution >= 0.6 is 0 Å². The lowest BCUT2D eigenvalue weighted by Crippen LogP contribution is -2.42. The maximum Gasteiger partial charge on any atom is 0.117 e. The number of aliphatic imine (C=N–C) groups is 2. The molecule has 0 bridgehead atoms. The van der Waals surface area contributed by atoms with Crippen LogP contribution in [0.4, 0.5) is 5.69 Å². The molecule has 116 valence electrons. The van der Waals surface area contributed by atoms with E-state index in [0.29, 0.717) is 6.54 Å². The maximum absolute atomic E-state index is 6.31. The van der Waals surface area contributed by atoms with Crippen LogP contribution in [0, 0.1) is 0 Å². The number of hydrogen-bond donors (Lipinski definition) is 1. The van der Waals surface area contributed by atoms with Gasteiger partial charge in [-0.25, -0.2) is 4.99 Å². The minimum absolute atomic E-state index is 0.172. The van der Waals surface area contributed by atoms with Crippen LogP contribution in [0.15, 0.2) is 64.6 Å². The van der Waals surface area contributed by atoms with Gasteiger partial charge < -0.3 is 10.6 Å². The average Bonchev–Trinajstić information content (AvgIpc) is 3.01. The van der Waals surface area contributed by atoms with Gasteiger partial charge in [0.1, 0.15) is 11.7 Å². The molecule has 4 nitrogen and oxygen atoms in total. The van der Waals surface area contributed by atoms with Gasteiger partial charge in [0.15, 0.2) is 0 Å². The molecule has 2 heterocycles. The maximum atomic E-state index is 6.31. The largest absolute Gasteiger partial charge is 0.386 e. The number of para-hydroxylation sites is 1. The van der Waals surface area contributed by atoms with Crippen molar-refractivity contribution < 1.29 is 0 Å². The van der Waals surface area contributed by atoms with Crippen LogP contribution in [0.2, 0.25) is 0 Å². The van der Waals surface area contributed by atoms with Crippen LogP contribution in [0.1, 0.15) is 24.0 Å². The third kappa shape index (κ3) is 2.72. The zero-order valence-electron chi connectivity index (χ0n) is 13.0. The standard InChI is InChI=1S/C19H20N4/c20-19(21-12-14-6-2-1-3-7-14)17-10-11-18-22-16-9-5-4-8-15(16)13-23(17)18/h1-9,17H,10-13H2,(H2,20,21)/t17-/m0/s1. The zero-order valence-corrected chi connectivity index (χ0v) is 13.0. The van der Waals surface area contributed by atoms with Crippen molar-refractivity contribution in [1.29, 1.82) is 0 Å². The summed E-state index contributed by atoms with van der Waals surface area (Å²) in [4.78, 5) is 11.7. The Morgan fingerprint density at radius 3 is 2.78 bits per heavy atom. The second-order valence-electron chi connectivity index (χ2n) is 6.07. The molecule has 2 aliphatic heterocycles. The molecule has 0 radical (unpaired) electrons. The molecular formula is C19H20N4. The van der Waals surface area contributed by atoms with E-state index in [2.05, 4.69) is 40.2 Å². The lowest BCUT2D eigenvalue weighted by atomic mass is 10.1. The highest BCUT2D eigenvalue weighted by molar-refractivity contribution is 5.97. The first-order valence-electron chi connectivity index (χ1n) is 8.07. The van der Waals surface area contributed by atoms with E-state index in [0.717, 1.165) is 36.7 Å². The van der Waals surface area contributed by atoms with Crippen molar-refractivity contribution >= 4 is 17.4 Å². The van der Waals surface area contributed by atoms with Gasteiger partial charge in [0.2, 0.25) is 0 Å². The summed E-state index contributed by atoms with van der Waals surface area (Å²) in [5.41, 5.74) is 9.85. The van der Waals surface area contributed by atoms with Gasteiger partial charge >= 0.3 is 0 Å². The number of hydrogen-bond acceptors (Lipinski definition) is 3. The van der Waals surface area contributed by atoms with E-state index < -0.39 is 0 Å². The smallest absolute Gasteiger partial charge is 0.117 e. The first kappa shape index (κ1) is 14.0. The van der Waals surface area contributed by atoms with E-state index in [1.807, 2.05) is 24.3 Å². The Bertz CT molecular complexity index is 764. The van der Waals surface area contributed by atoms with Crippen molar-refractivity contribution in [1.82, 2.24) is 4.90 Å². The number of benzene rings is 2. The van der Waals surface area contributed by atoms with Gasteiger partial charge in [-0.05, 0) is 23.6 Å². The van der Waals surface area contributed by atoms with Gasteiger partial charge in [0.05, 0.1) is 18.3 Å². The van der Waals surface area contributed by atoms with E-state index in [1.54, 1.807) is 0 Å². The molecule has 23 heavy (non-hydrogen) atoms. The molecule has 1 saturated heterocycles. The van der Waals surface area contributed by atoms with Gasteiger partial charge in [-0.1, -0.05) is 48.5 Å². The molecule has 0 unspecified atom stereocenters. The topological polar surface area (TPSA) is 54.0 Å². The molecule has 4 heteroatoms. The molecule has 2 aromatic carbocycles. The number of fused-ring (bicyclic) bond motifs is 2. The summed E-state index contributed by atoms with van der Waals surface area (Å²) in [5.74, 6) is 1.87. The van der Waals surface area contributed by atoms with Crippen molar-refractivity contribution in [3.05, 3.63) is 65.7 Å². The highest BCUT2D eigenvalue weighted by Gasteiger charge is 2.34. The summed E-state index contributed by atoms with van der Waals surface area (Å²) in [6, 6.07) is 18.7. The van der Waals surface area contributed by atoms with Crippen LogP contribution in [-0.2, 0) is 13.1 Å². The minimum Gasteiger partial charge on any atom is -0.386 e. The van der Waals surface area contributed by atoms with Crippen molar-refractivity contribution in [2.45, 2.75) is 32.0 Å². The average molecular weight is 304 g/mol. The van der Waals surface area contributed by atoms with Gasteiger partial charge in [0, 0.05) is 13.0 Å². The normalized spacial score (nSPS) is 20.0. The van der Waals surface area contributed by atoms with Crippen LogP contribution in [0.3, 0.4) is 0 Å². The second-order valence-corrected chi connectivity index (χ2v) is 6.07. The van der Waals surface area contributed by atoms with Gasteiger partial charge in [0.25, 0.3) is 0 Å². The van der Waals surface area contributed by atoms with Crippen LogP contribution in [0.5, 0.6) is 0 Å². The molecule has 2 aliphatic rings. The fraction of sp³-hybridized carbons (Fsp3) is 0.263. The Kier molecular flexibility index (Phi) is 3.58. The molecule has 0 saturated carbocycles. The molecule has 0 spiro atoms. The van der Waals surface area contributed by atoms with Crippen LogP contribution in [-0.4, -0.2) is 22.6 Å². The molecule has 1 atom stereocenters. The lowest BCUT2D eigenvalue weighted by Gasteiger charge is -2.30. The van der Waals surface area contributed by atoms with E-state index >= 15 is 0 Å². The Hall–Kier alpha value is -2.62. The molecular weight excluding hydrogens is 284 g/mol. The van der Waals surface area contributed by atoms with E-state index in [1.165, 1.54) is 11.1 Å². The SMILES string of the molecule is NC(=NCc1ccccc1)[C@@H]1CCC2=Nc3ccccc3CN21. The number of nitrogens with two attached hydrogens (primary N) is 1. The highest BCUT2D eigenvalue weighted by Crippen LogP contribution is 2.32. The lowest BCUT2D eigenvalue weighted by molar-refractivity contribution is 0.390. The van der Waals surface area contributed by atoms with Gasteiger partial charge in [-0.2, -0.15) is 0 Å². The van der Waals surface area contributed by atoms with Crippen molar-refractivity contribution in [2.24, 2.45) is 15.7 Å². The Balaban J connectivity index is 1.53. The first-order valence-corrected chi connectivity index (χ1v) is 8.07. The van der Waals surface area contributed by atoms with Crippen LogP contribution < -0.4 is 5.73 Å². The van der Waals surface area contributed by atoms with E-state index in [4.69, 9.17) is 10.7 Å². The summed E-state index contributed by atoms with van der Waals surface area (Å²) in [6.07, 6.45) is 1.97. The number of rotatable bonds is 3. The van der Waals surface area contributed by atoms with Gasteiger partial charge in [-0.15, -0.1) is 0 Å². The molecule has 0 amide bonds. The Labute approximate surface area is 136 Å². The first-order chi connectivity index (χ1) is 11.3. The summed E-state index contributed by atoms with van der Waals surface area (Å²) in [5, 5.41) is 0. The Morgan fingerprint density at radius 1 is 1.13 bits per heavy atom. The van der Waals surface area contributed by atoms with Crippen molar-refractivity contribution in [2.75, 3.05) is 0 Å². The van der Waals surface area contributed by atoms with Crippen molar-refractivity contribution in [3.8, 4) is 0 Å².